The van der Waals surface area contributed by atoms with Crippen molar-refractivity contribution in [2.45, 2.75) is 24.7 Å². The van der Waals surface area contributed by atoms with Crippen LogP contribution in [-0.2, 0) is 21.4 Å². The number of hydrogen-bond donors (Lipinski definition) is 1. The highest BCUT2D eigenvalue weighted by Gasteiger charge is 2.41. The van der Waals surface area contributed by atoms with Gasteiger partial charge in [-0.15, -0.1) is 0 Å². The first-order chi connectivity index (χ1) is 12.2. The number of rotatable bonds is 6. The zero-order valence-electron chi connectivity index (χ0n) is 14.7. The highest BCUT2D eigenvalue weighted by Crippen LogP contribution is 2.35. The molecule has 0 bridgehead atoms. The molecule has 25 heavy (non-hydrogen) atoms. The van der Waals surface area contributed by atoms with Gasteiger partial charge in [0, 0.05) is 19.8 Å². The second kappa shape index (κ2) is 8.17. The van der Waals surface area contributed by atoms with E-state index in [1.807, 2.05) is 54.6 Å². The molecule has 1 saturated heterocycles. The van der Waals surface area contributed by atoms with Crippen molar-refractivity contribution in [3.8, 4) is 5.75 Å². The van der Waals surface area contributed by atoms with Gasteiger partial charge in [-0.3, -0.25) is 4.79 Å². The van der Waals surface area contributed by atoms with Crippen molar-refractivity contribution in [1.29, 1.82) is 0 Å². The van der Waals surface area contributed by atoms with Gasteiger partial charge in [0.2, 0.25) is 5.91 Å². The Kier molecular flexibility index (Phi) is 5.71. The summed E-state index contributed by atoms with van der Waals surface area (Å²) in [5, 5.41) is 3.14. The second-order valence-corrected chi connectivity index (χ2v) is 6.41. The minimum atomic E-state index is -0.473. The van der Waals surface area contributed by atoms with Crippen LogP contribution in [0.1, 0.15) is 24.0 Å². The molecule has 1 amide bonds. The molecule has 0 spiro atoms. The molecule has 0 saturated carbocycles. The van der Waals surface area contributed by atoms with Crippen molar-refractivity contribution >= 4 is 5.91 Å². The van der Waals surface area contributed by atoms with Crippen molar-refractivity contribution in [3.05, 3.63) is 65.7 Å². The third kappa shape index (κ3) is 4.02. The number of benzene rings is 2. The molecule has 4 heteroatoms. The fourth-order valence-corrected chi connectivity index (χ4v) is 3.41. The summed E-state index contributed by atoms with van der Waals surface area (Å²) >= 11 is 0. The molecule has 4 nitrogen and oxygen atoms in total. The first kappa shape index (κ1) is 17.5. The van der Waals surface area contributed by atoms with Gasteiger partial charge in [-0.1, -0.05) is 42.5 Å². The third-order valence-corrected chi connectivity index (χ3v) is 4.97. The van der Waals surface area contributed by atoms with Crippen LogP contribution in [0.15, 0.2) is 54.6 Å². The summed E-state index contributed by atoms with van der Waals surface area (Å²) in [6.07, 6.45) is 2.26. The first-order valence-electron chi connectivity index (χ1n) is 8.79. The van der Waals surface area contributed by atoms with Crippen molar-refractivity contribution in [3.63, 3.8) is 0 Å². The number of amides is 1. The van der Waals surface area contributed by atoms with Crippen LogP contribution < -0.4 is 10.1 Å². The molecule has 1 aliphatic rings. The van der Waals surface area contributed by atoms with Gasteiger partial charge in [0.15, 0.2) is 0 Å². The van der Waals surface area contributed by atoms with E-state index in [1.165, 1.54) is 5.56 Å². The van der Waals surface area contributed by atoms with E-state index in [4.69, 9.17) is 9.47 Å². The predicted octanol–water partition coefficient (Wildman–Crippen LogP) is 3.10. The molecule has 0 aliphatic carbocycles. The lowest BCUT2D eigenvalue weighted by Gasteiger charge is -2.36. The molecule has 2 aromatic carbocycles. The zero-order valence-corrected chi connectivity index (χ0v) is 14.7. The van der Waals surface area contributed by atoms with Crippen LogP contribution in [0.4, 0.5) is 0 Å². The van der Waals surface area contributed by atoms with Crippen LogP contribution in [0, 0.1) is 0 Å². The number of carbonyl (C=O) groups is 1. The Labute approximate surface area is 149 Å². The standard InChI is InChI=1S/C21H25NO3/c1-24-19-9-7-17(8-10-19)11-14-22-20(23)21(12-15-25-16-13-21)18-5-3-2-4-6-18/h2-10H,11-16H2,1H3,(H,22,23). The normalized spacial score (nSPS) is 16.2. The highest BCUT2D eigenvalue weighted by molar-refractivity contribution is 5.88. The van der Waals surface area contributed by atoms with E-state index in [0.717, 1.165) is 30.6 Å². The fraction of sp³-hybridized carbons (Fsp3) is 0.381. The first-order valence-corrected chi connectivity index (χ1v) is 8.79. The molecule has 132 valence electrons. The second-order valence-electron chi connectivity index (χ2n) is 6.41. The van der Waals surface area contributed by atoms with Gasteiger partial charge in [0.1, 0.15) is 5.75 Å². The van der Waals surface area contributed by atoms with Crippen molar-refractivity contribution in [2.75, 3.05) is 26.9 Å². The quantitative estimate of drug-likeness (QED) is 0.880. The average Bonchev–Trinajstić information content (AvgIpc) is 2.69. The van der Waals surface area contributed by atoms with E-state index in [1.54, 1.807) is 7.11 Å². The largest absolute Gasteiger partial charge is 0.497 e. The van der Waals surface area contributed by atoms with Gasteiger partial charge in [0.25, 0.3) is 0 Å². The van der Waals surface area contributed by atoms with Crippen LogP contribution in [0.2, 0.25) is 0 Å². The Morgan fingerprint density at radius 2 is 1.76 bits per heavy atom. The van der Waals surface area contributed by atoms with Crippen LogP contribution in [0.25, 0.3) is 0 Å². The molecule has 3 rings (SSSR count). The number of methoxy groups -OCH3 is 1. The molecule has 1 fully saturated rings. The maximum atomic E-state index is 13.0. The van der Waals surface area contributed by atoms with Crippen LogP contribution >= 0.6 is 0 Å². The maximum absolute atomic E-state index is 13.0. The van der Waals surface area contributed by atoms with Gasteiger partial charge in [-0.25, -0.2) is 0 Å². The SMILES string of the molecule is COc1ccc(CCNC(=O)C2(c3ccccc3)CCOCC2)cc1. The van der Waals surface area contributed by atoms with E-state index in [2.05, 4.69) is 5.32 Å². The minimum Gasteiger partial charge on any atom is -0.497 e. The summed E-state index contributed by atoms with van der Waals surface area (Å²) in [6, 6.07) is 18.0. The number of nitrogens with one attached hydrogen (secondary N) is 1. The Balaban J connectivity index is 1.64. The van der Waals surface area contributed by atoms with Crippen molar-refractivity contribution in [2.24, 2.45) is 0 Å². The summed E-state index contributed by atoms with van der Waals surface area (Å²) in [7, 11) is 1.66. The van der Waals surface area contributed by atoms with Crippen molar-refractivity contribution < 1.29 is 14.3 Å². The minimum absolute atomic E-state index is 0.107. The van der Waals surface area contributed by atoms with Crippen LogP contribution in [0.5, 0.6) is 5.75 Å². The topological polar surface area (TPSA) is 47.6 Å². The van der Waals surface area contributed by atoms with Crippen LogP contribution in [-0.4, -0.2) is 32.8 Å². The molecule has 0 aromatic heterocycles. The van der Waals surface area contributed by atoms with Crippen molar-refractivity contribution in [1.82, 2.24) is 5.32 Å². The number of carbonyl (C=O) groups excluding carboxylic acids is 1. The number of hydrogen-bond acceptors (Lipinski definition) is 3. The monoisotopic (exact) mass is 339 g/mol. The Hall–Kier alpha value is -2.33. The van der Waals surface area contributed by atoms with Gasteiger partial charge in [-0.05, 0) is 42.5 Å². The summed E-state index contributed by atoms with van der Waals surface area (Å²) in [5.74, 6) is 0.952. The molecular weight excluding hydrogens is 314 g/mol. The van der Waals surface area contributed by atoms with Crippen LogP contribution in [0.3, 0.4) is 0 Å². The van der Waals surface area contributed by atoms with E-state index >= 15 is 0 Å². The maximum Gasteiger partial charge on any atom is 0.230 e. The van der Waals surface area contributed by atoms with E-state index in [9.17, 15) is 4.79 Å². The fourth-order valence-electron chi connectivity index (χ4n) is 3.41. The summed E-state index contributed by atoms with van der Waals surface area (Å²) < 4.78 is 10.7. The number of ether oxygens (including phenoxy) is 2. The van der Waals surface area contributed by atoms with Gasteiger partial charge < -0.3 is 14.8 Å². The molecule has 0 radical (unpaired) electrons. The lowest BCUT2D eigenvalue weighted by molar-refractivity contribution is -0.130. The Morgan fingerprint density at radius 1 is 1.08 bits per heavy atom. The van der Waals surface area contributed by atoms with E-state index in [0.29, 0.717) is 19.8 Å². The van der Waals surface area contributed by atoms with E-state index in [-0.39, 0.29) is 5.91 Å². The van der Waals surface area contributed by atoms with E-state index < -0.39 is 5.41 Å². The Bertz CT molecular complexity index is 676. The highest BCUT2D eigenvalue weighted by atomic mass is 16.5. The summed E-state index contributed by atoms with van der Waals surface area (Å²) in [4.78, 5) is 13.0. The molecule has 0 unspecified atom stereocenters. The molecular formula is C21H25NO3. The summed E-state index contributed by atoms with van der Waals surface area (Å²) in [6.45, 7) is 1.88. The average molecular weight is 339 g/mol. The van der Waals surface area contributed by atoms with Gasteiger partial charge in [-0.2, -0.15) is 0 Å². The summed E-state index contributed by atoms with van der Waals surface area (Å²) in [5.41, 5.74) is 1.79. The van der Waals surface area contributed by atoms with Gasteiger partial charge >= 0.3 is 0 Å². The smallest absolute Gasteiger partial charge is 0.230 e. The zero-order chi connectivity index (χ0) is 17.5. The Morgan fingerprint density at radius 3 is 2.40 bits per heavy atom. The van der Waals surface area contributed by atoms with Gasteiger partial charge in [0.05, 0.1) is 12.5 Å². The molecule has 2 aromatic rings. The molecule has 1 N–H and O–H groups in total. The lowest BCUT2D eigenvalue weighted by atomic mass is 9.73. The molecule has 1 aliphatic heterocycles. The lowest BCUT2D eigenvalue weighted by Crippen LogP contribution is -2.48. The molecule has 1 heterocycles. The third-order valence-electron chi connectivity index (χ3n) is 4.97. The molecule has 0 atom stereocenters. The predicted molar refractivity (Wildman–Crippen MR) is 97.9 cm³/mol.